The molecule has 3 heteroatoms. The van der Waals surface area contributed by atoms with Crippen LogP contribution in [0.1, 0.15) is 32.8 Å². The fraction of sp³-hybridized carbons (Fsp3) is 0.600. The van der Waals surface area contributed by atoms with Crippen molar-refractivity contribution in [3.05, 3.63) is 28.8 Å². The Kier molecular flexibility index (Phi) is 6.51. The Morgan fingerprint density at radius 3 is 2.67 bits per heavy atom. The molecule has 1 aromatic rings. The number of ether oxygens (including phenoxy) is 1. The summed E-state index contributed by atoms with van der Waals surface area (Å²) in [5.41, 5.74) is 1.12. The van der Waals surface area contributed by atoms with Crippen LogP contribution in [0, 0.1) is 12.8 Å². The van der Waals surface area contributed by atoms with Gasteiger partial charge in [0.2, 0.25) is 0 Å². The summed E-state index contributed by atoms with van der Waals surface area (Å²) in [5.74, 6) is 1.48. The molecule has 0 amide bonds. The Morgan fingerprint density at radius 1 is 1.33 bits per heavy atom. The van der Waals surface area contributed by atoms with E-state index in [-0.39, 0.29) is 0 Å². The second kappa shape index (κ2) is 7.65. The molecule has 0 aromatic heterocycles. The van der Waals surface area contributed by atoms with Gasteiger partial charge in [0.05, 0.1) is 0 Å². The van der Waals surface area contributed by atoms with Gasteiger partial charge >= 0.3 is 0 Å². The molecule has 1 rings (SSSR count). The van der Waals surface area contributed by atoms with E-state index in [2.05, 4.69) is 26.1 Å². The molecule has 2 nitrogen and oxygen atoms in total. The van der Waals surface area contributed by atoms with Gasteiger partial charge in [-0.25, -0.2) is 0 Å². The maximum atomic E-state index is 5.99. The molecule has 2 unspecified atom stereocenters. The molecule has 0 radical (unpaired) electrons. The smallest absolute Gasteiger partial charge is 0.123 e. The van der Waals surface area contributed by atoms with Crippen LogP contribution in [0.5, 0.6) is 5.75 Å². The van der Waals surface area contributed by atoms with Crippen molar-refractivity contribution in [2.45, 2.75) is 40.2 Å². The molecule has 0 heterocycles. The lowest BCUT2D eigenvalue weighted by atomic mass is 10.00. The van der Waals surface area contributed by atoms with Crippen molar-refractivity contribution in [1.82, 2.24) is 5.32 Å². The molecular weight excluding hydrogens is 246 g/mol. The van der Waals surface area contributed by atoms with Gasteiger partial charge in [-0.15, -0.1) is 0 Å². The molecule has 0 spiro atoms. The van der Waals surface area contributed by atoms with Crippen LogP contribution in [0.4, 0.5) is 0 Å². The predicted molar refractivity (Wildman–Crippen MR) is 78.6 cm³/mol. The first-order valence-corrected chi connectivity index (χ1v) is 7.08. The second-order valence-electron chi connectivity index (χ2n) is 4.77. The Hall–Kier alpha value is -0.730. The molecule has 102 valence electrons. The molecule has 0 fully saturated rings. The van der Waals surface area contributed by atoms with E-state index in [0.717, 1.165) is 29.3 Å². The molecule has 0 aliphatic carbocycles. The summed E-state index contributed by atoms with van der Waals surface area (Å²) in [5, 5.41) is 4.20. The van der Waals surface area contributed by atoms with Gasteiger partial charge in [0.1, 0.15) is 12.4 Å². The van der Waals surface area contributed by atoms with E-state index in [0.29, 0.717) is 18.6 Å². The number of nitrogens with one attached hydrogen (secondary N) is 1. The van der Waals surface area contributed by atoms with E-state index in [9.17, 15) is 0 Å². The SMILES string of the molecule is CCNC(COc1cc(Cl)ccc1C)C(C)CC. The summed E-state index contributed by atoms with van der Waals surface area (Å²) in [7, 11) is 0. The molecule has 18 heavy (non-hydrogen) atoms. The summed E-state index contributed by atoms with van der Waals surface area (Å²) in [6, 6.07) is 6.15. The summed E-state index contributed by atoms with van der Waals surface area (Å²) in [4.78, 5) is 0. The van der Waals surface area contributed by atoms with Crippen LogP contribution in [0.2, 0.25) is 5.02 Å². The van der Waals surface area contributed by atoms with E-state index in [1.54, 1.807) is 0 Å². The number of likely N-dealkylation sites (N-methyl/N-ethyl adjacent to an activating group) is 1. The van der Waals surface area contributed by atoms with Gasteiger partial charge in [-0.05, 0) is 37.1 Å². The highest BCUT2D eigenvalue weighted by atomic mass is 35.5. The van der Waals surface area contributed by atoms with Gasteiger partial charge in [0.25, 0.3) is 0 Å². The molecule has 0 aliphatic rings. The van der Waals surface area contributed by atoms with Crippen LogP contribution < -0.4 is 10.1 Å². The van der Waals surface area contributed by atoms with Crippen LogP contribution in [0.3, 0.4) is 0 Å². The first-order chi connectivity index (χ1) is 8.58. The van der Waals surface area contributed by atoms with Gasteiger partial charge in [-0.3, -0.25) is 0 Å². The summed E-state index contributed by atoms with van der Waals surface area (Å²) in [6.45, 7) is 10.3. The average molecular weight is 270 g/mol. The van der Waals surface area contributed by atoms with Crippen molar-refractivity contribution in [1.29, 1.82) is 0 Å². The molecule has 2 atom stereocenters. The quantitative estimate of drug-likeness (QED) is 0.806. The number of hydrogen-bond donors (Lipinski definition) is 1. The predicted octanol–water partition coefficient (Wildman–Crippen LogP) is 4.05. The Labute approximate surface area is 116 Å². The molecule has 1 aromatic carbocycles. The zero-order valence-corrected chi connectivity index (χ0v) is 12.6. The second-order valence-corrected chi connectivity index (χ2v) is 5.21. The van der Waals surface area contributed by atoms with Crippen molar-refractivity contribution in [3.8, 4) is 5.75 Å². The Balaban J connectivity index is 2.63. The van der Waals surface area contributed by atoms with Crippen LogP contribution in [-0.2, 0) is 0 Å². The number of rotatable bonds is 7. The van der Waals surface area contributed by atoms with Crippen molar-refractivity contribution < 1.29 is 4.74 Å². The Morgan fingerprint density at radius 2 is 2.06 bits per heavy atom. The summed E-state index contributed by atoms with van der Waals surface area (Å²) < 4.78 is 5.91. The highest BCUT2D eigenvalue weighted by Crippen LogP contribution is 2.23. The van der Waals surface area contributed by atoms with Crippen LogP contribution in [0.15, 0.2) is 18.2 Å². The van der Waals surface area contributed by atoms with Gasteiger partial charge in [0.15, 0.2) is 0 Å². The topological polar surface area (TPSA) is 21.3 Å². The maximum Gasteiger partial charge on any atom is 0.123 e. The molecule has 0 bridgehead atoms. The van der Waals surface area contributed by atoms with E-state index >= 15 is 0 Å². The highest BCUT2D eigenvalue weighted by molar-refractivity contribution is 6.30. The third-order valence-corrected chi connectivity index (χ3v) is 3.60. The van der Waals surface area contributed by atoms with Crippen LogP contribution >= 0.6 is 11.6 Å². The molecular formula is C15H24ClNO. The molecule has 1 N–H and O–H groups in total. The lowest BCUT2D eigenvalue weighted by Gasteiger charge is -2.24. The first kappa shape index (κ1) is 15.3. The zero-order chi connectivity index (χ0) is 13.5. The number of hydrogen-bond acceptors (Lipinski definition) is 2. The van der Waals surface area contributed by atoms with Crippen LogP contribution in [0.25, 0.3) is 0 Å². The molecule has 0 saturated heterocycles. The highest BCUT2D eigenvalue weighted by Gasteiger charge is 2.15. The fourth-order valence-corrected chi connectivity index (χ4v) is 2.04. The van der Waals surface area contributed by atoms with Crippen molar-refractivity contribution in [3.63, 3.8) is 0 Å². The van der Waals surface area contributed by atoms with Crippen molar-refractivity contribution >= 4 is 11.6 Å². The summed E-state index contributed by atoms with van der Waals surface area (Å²) in [6.07, 6.45) is 1.15. The van der Waals surface area contributed by atoms with Gasteiger partial charge in [-0.2, -0.15) is 0 Å². The minimum Gasteiger partial charge on any atom is -0.492 e. The molecule has 0 saturated carbocycles. The maximum absolute atomic E-state index is 5.99. The van der Waals surface area contributed by atoms with Gasteiger partial charge in [-0.1, -0.05) is 44.9 Å². The lowest BCUT2D eigenvalue weighted by molar-refractivity contribution is 0.221. The van der Waals surface area contributed by atoms with E-state index in [4.69, 9.17) is 16.3 Å². The van der Waals surface area contributed by atoms with Crippen molar-refractivity contribution in [2.24, 2.45) is 5.92 Å². The van der Waals surface area contributed by atoms with E-state index in [1.165, 1.54) is 0 Å². The lowest BCUT2D eigenvalue weighted by Crippen LogP contribution is -2.39. The standard InChI is InChI=1S/C15H24ClNO/c1-5-11(3)14(17-6-2)10-18-15-9-13(16)8-7-12(15)4/h7-9,11,14,17H,5-6,10H2,1-4H3. The number of halogens is 1. The van der Waals surface area contributed by atoms with Gasteiger partial charge in [0, 0.05) is 11.1 Å². The number of benzene rings is 1. The largest absolute Gasteiger partial charge is 0.492 e. The zero-order valence-electron chi connectivity index (χ0n) is 11.8. The molecule has 0 aliphatic heterocycles. The third-order valence-electron chi connectivity index (χ3n) is 3.37. The van der Waals surface area contributed by atoms with Crippen LogP contribution in [-0.4, -0.2) is 19.2 Å². The first-order valence-electron chi connectivity index (χ1n) is 6.70. The normalized spacial score (nSPS) is 14.3. The minimum absolute atomic E-state index is 0.387. The Bertz CT molecular complexity index is 368. The fourth-order valence-electron chi connectivity index (χ4n) is 1.88. The number of aryl methyl sites for hydroxylation is 1. The monoisotopic (exact) mass is 269 g/mol. The average Bonchev–Trinajstić information content (AvgIpc) is 2.37. The van der Waals surface area contributed by atoms with E-state index < -0.39 is 0 Å². The minimum atomic E-state index is 0.387. The summed E-state index contributed by atoms with van der Waals surface area (Å²) >= 11 is 5.99. The third kappa shape index (κ3) is 4.51. The van der Waals surface area contributed by atoms with E-state index in [1.807, 2.05) is 25.1 Å². The van der Waals surface area contributed by atoms with Gasteiger partial charge < -0.3 is 10.1 Å². The van der Waals surface area contributed by atoms with Crippen molar-refractivity contribution in [2.75, 3.05) is 13.2 Å².